The molecule has 0 spiro atoms. The number of ether oxygens (including phenoxy) is 1. The highest BCUT2D eigenvalue weighted by atomic mass is 35.5. The molecule has 9 heteroatoms. The number of esters is 1. The summed E-state index contributed by atoms with van der Waals surface area (Å²) in [5.41, 5.74) is 0.0135. The third-order valence-electron chi connectivity index (χ3n) is 2.33. The minimum absolute atomic E-state index is 0.0534. The van der Waals surface area contributed by atoms with E-state index in [-0.39, 0.29) is 28.7 Å². The number of carbonyl (C=O) groups is 1. The van der Waals surface area contributed by atoms with Crippen LogP contribution < -0.4 is 0 Å². The van der Waals surface area contributed by atoms with Crippen molar-refractivity contribution in [2.45, 2.75) is 6.92 Å². The fourth-order valence-electron chi connectivity index (χ4n) is 1.45. The van der Waals surface area contributed by atoms with Gasteiger partial charge in [0, 0.05) is 12.3 Å². The zero-order valence-electron chi connectivity index (χ0n) is 10.3. The van der Waals surface area contributed by atoms with Gasteiger partial charge in [0.25, 0.3) is 5.69 Å². The summed E-state index contributed by atoms with van der Waals surface area (Å²) < 4.78 is 6.07. The topological polar surface area (TPSA) is 100 Å². The second-order valence-electron chi connectivity index (χ2n) is 3.65. The summed E-state index contributed by atoms with van der Waals surface area (Å²) in [6, 6.07) is 1.16. The average molecular weight is 297 g/mol. The van der Waals surface area contributed by atoms with Crippen LogP contribution in [0.15, 0.2) is 24.7 Å². The first-order valence-corrected chi connectivity index (χ1v) is 5.92. The van der Waals surface area contributed by atoms with Gasteiger partial charge >= 0.3 is 5.97 Å². The van der Waals surface area contributed by atoms with Crippen molar-refractivity contribution in [3.63, 3.8) is 0 Å². The quantitative estimate of drug-likeness (QED) is 0.486. The first-order valence-electron chi connectivity index (χ1n) is 5.55. The number of halogens is 1. The molecule has 0 atom stereocenters. The van der Waals surface area contributed by atoms with Crippen molar-refractivity contribution in [3.05, 3.63) is 45.4 Å². The summed E-state index contributed by atoms with van der Waals surface area (Å²) >= 11 is 5.91. The van der Waals surface area contributed by atoms with Crippen molar-refractivity contribution in [1.82, 2.24) is 14.8 Å². The van der Waals surface area contributed by atoms with Gasteiger partial charge in [-0.2, -0.15) is 5.10 Å². The summed E-state index contributed by atoms with van der Waals surface area (Å²) in [6.07, 6.45) is 3.75. The van der Waals surface area contributed by atoms with Gasteiger partial charge in [0.05, 0.1) is 28.3 Å². The fourth-order valence-corrected chi connectivity index (χ4v) is 1.69. The van der Waals surface area contributed by atoms with E-state index >= 15 is 0 Å². The van der Waals surface area contributed by atoms with Crippen LogP contribution in [0.2, 0.25) is 5.02 Å². The highest BCUT2D eigenvalue weighted by Gasteiger charge is 2.15. The molecule has 2 heterocycles. The van der Waals surface area contributed by atoms with E-state index in [1.807, 2.05) is 0 Å². The van der Waals surface area contributed by atoms with Gasteiger partial charge in [-0.3, -0.25) is 10.1 Å². The number of pyridine rings is 1. The van der Waals surface area contributed by atoms with Gasteiger partial charge in [-0.25, -0.2) is 14.5 Å². The van der Waals surface area contributed by atoms with Crippen molar-refractivity contribution in [1.29, 1.82) is 0 Å². The van der Waals surface area contributed by atoms with Crippen LogP contribution in [0.5, 0.6) is 0 Å². The lowest BCUT2D eigenvalue weighted by atomic mass is 10.4. The van der Waals surface area contributed by atoms with Crippen LogP contribution in [-0.2, 0) is 4.74 Å². The molecule has 0 saturated carbocycles. The number of hydrogen-bond acceptors (Lipinski definition) is 6. The van der Waals surface area contributed by atoms with Crippen LogP contribution in [0.25, 0.3) is 5.82 Å². The maximum Gasteiger partial charge on any atom is 0.341 e. The summed E-state index contributed by atoms with van der Waals surface area (Å²) in [5, 5.41) is 14.6. The normalized spacial score (nSPS) is 10.3. The van der Waals surface area contributed by atoms with Crippen molar-refractivity contribution < 1.29 is 14.5 Å². The largest absolute Gasteiger partial charge is 0.462 e. The molecule has 0 unspecified atom stereocenters. The highest BCUT2D eigenvalue weighted by Crippen LogP contribution is 2.22. The molecule has 0 bridgehead atoms. The third kappa shape index (κ3) is 2.75. The first-order chi connectivity index (χ1) is 9.52. The number of rotatable bonds is 4. The molecule has 20 heavy (non-hydrogen) atoms. The molecule has 2 rings (SSSR count). The van der Waals surface area contributed by atoms with Crippen LogP contribution >= 0.6 is 11.6 Å². The number of aromatic nitrogens is 3. The maximum atomic E-state index is 11.5. The summed E-state index contributed by atoms with van der Waals surface area (Å²) in [7, 11) is 0. The lowest BCUT2D eigenvalue weighted by Gasteiger charge is -2.02. The predicted octanol–water partition coefficient (Wildman–Crippen LogP) is 2.01. The van der Waals surface area contributed by atoms with Gasteiger partial charge in [-0.05, 0) is 6.92 Å². The predicted molar refractivity (Wildman–Crippen MR) is 69.0 cm³/mol. The Morgan fingerprint density at radius 2 is 2.30 bits per heavy atom. The lowest BCUT2D eigenvalue weighted by Crippen LogP contribution is -2.04. The molecule has 0 N–H and O–H groups in total. The summed E-state index contributed by atoms with van der Waals surface area (Å²) in [6.45, 7) is 1.94. The highest BCUT2D eigenvalue weighted by molar-refractivity contribution is 6.32. The second-order valence-corrected chi connectivity index (χ2v) is 4.06. The maximum absolute atomic E-state index is 11.5. The molecular weight excluding hydrogens is 288 g/mol. The molecule has 0 aliphatic rings. The smallest absolute Gasteiger partial charge is 0.341 e. The zero-order chi connectivity index (χ0) is 14.7. The van der Waals surface area contributed by atoms with Crippen molar-refractivity contribution in [2.24, 2.45) is 0 Å². The van der Waals surface area contributed by atoms with E-state index in [1.165, 1.54) is 17.1 Å². The number of hydrogen-bond donors (Lipinski definition) is 0. The van der Waals surface area contributed by atoms with E-state index in [9.17, 15) is 14.9 Å². The Morgan fingerprint density at radius 3 is 2.90 bits per heavy atom. The van der Waals surface area contributed by atoms with Crippen LogP contribution in [0.3, 0.4) is 0 Å². The number of nitro groups is 1. The van der Waals surface area contributed by atoms with Crippen LogP contribution in [0.1, 0.15) is 17.3 Å². The minimum atomic E-state index is -0.601. The van der Waals surface area contributed by atoms with Gasteiger partial charge < -0.3 is 4.74 Å². The Hall–Kier alpha value is -2.48. The molecule has 0 fully saturated rings. The Morgan fingerprint density at radius 1 is 1.55 bits per heavy atom. The number of nitrogens with zero attached hydrogens (tertiary/aromatic N) is 4. The monoisotopic (exact) mass is 296 g/mol. The van der Waals surface area contributed by atoms with Crippen molar-refractivity contribution in [2.75, 3.05) is 6.61 Å². The standard InChI is InChI=1S/C11H9ClN4O4/c1-2-20-11(17)7-4-14-15(6-7)10-9(12)3-8(5-13-10)16(18)19/h3-6H,2H2,1H3. The lowest BCUT2D eigenvalue weighted by molar-refractivity contribution is -0.385. The molecule has 104 valence electrons. The fraction of sp³-hybridized carbons (Fsp3) is 0.182. The zero-order valence-corrected chi connectivity index (χ0v) is 11.1. The van der Waals surface area contributed by atoms with E-state index in [1.54, 1.807) is 6.92 Å². The van der Waals surface area contributed by atoms with Crippen molar-refractivity contribution >= 4 is 23.3 Å². The van der Waals surface area contributed by atoms with Crippen LogP contribution in [-0.4, -0.2) is 32.3 Å². The van der Waals surface area contributed by atoms with E-state index in [0.29, 0.717) is 0 Å². The van der Waals surface area contributed by atoms with Crippen molar-refractivity contribution in [3.8, 4) is 5.82 Å². The Balaban J connectivity index is 2.33. The molecule has 8 nitrogen and oxygen atoms in total. The molecular formula is C11H9ClN4O4. The molecule has 2 aromatic rings. The van der Waals surface area contributed by atoms with E-state index in [2.05, 4.69) is 10.1 Å². The van der Waals surface area contributed by atoms with Gasteiger partial charge in [-0.1, -0.05) is 11.6 Å². The Kier molecular flexibility index (Phi) is 3.94. The molecule has 0 aliphatic heterocycles. The molecule has 0 radical (unpaired) electrons. The van der Waals surface area contributed by atoms with Crippen LogP contribution in [0, 0.1) is 10.1 Å². The SMILES string of the molecule is CCOC(=O)c1cnn(-c2ncc([N+](=O)[O-])cc2Cl)c1. The molecule has 0 aromatic carbocycles. The van der Waals surface area contributed by atoms with E-state index in [4.69, 9.17) is 16.3 Å². The van der Waals surface area contributed by atoms with Gasteiger partial charge in [-0.15, -0.1) is 0 Å². The summed E-state index contributed by atoms with van der Waals surface area (Å²) in [4.78, 5) is 25.4. The number of carbonyl (C=O) groups excluding carboxylic acids is 1. The van der Waals surface area contributed by atoms with E-state index in [0.717, 1.165) is 12.3 Å². The molecule has 0 saturated heterocycles. The molecule has 2 aromatic heterocycles. The molecule has 0 aliphatic carbocycles. The Bertz CT molecular complexity index is 670. The molecule has 0 amide bonds. The van der Waals surface area contributed by atoms with Gasteiger partial charge in [0.1, 0.15) is 6.20 Å². The van der Waals surface area contributed by atoms with Gasteiger partial charge in [0.2, 0.25) is 0 Å². The Labute approximate surface area is 118 Å². The summed E-state index contributed by atoms with van der Waals surface area (Å²) in [5.74, 6) is -0.329. The van der Waals surface area contributed by atoms with E-state index < -0.39 is 10.9 Å². The first kappa shape index (κ1) is 13.9. The minimum Gasteiger partial charge on any atom is -0.462 e. The average Bonchev–Trinajstić information content (AvgIpc) is 2.88. The van der Waals surface area contributed by atoms with Crippen LogP contribution in [0.4, 0.5) is 5.69 Å². The second kappa shape index (κ2) is 5.66. The third-order valence-corrected chi connectivity index (χ3v) is 2.61. The van der Waals surface area contributed by atoms with Gasteiger partial charge in [0.15, 0.2) is 5.82 Å².